The predicted octanol–water partition coefficient (Wildman–Crippen LogP) is 9.95. The summed E-state index contributed by atoms with van der Waals surface area (Å²) in [6.07, 6.45) is -1.86. The van der Waals surface area contributed by atoms with Crippen LogP contribution >= 0.6 is 34.8 Å². The summed E-state index contributed by atoms with van der Waals surface area (Å²) >= 11 is 16.9. The fourth-order valence-corrected chi connectivity index (χ4v) is 7.09. The molecule has 4 atom stereocenters. The van der Waals surface area contributed by atoms with Crippen LogP contribution in [0.1, 0.15) is 51.7 Å². The first kappa shape index (κ1) is 58.5. The second-order valence-corrected chi connectivity index (χ2v) is 17.6. The van der Waals surface area contributed by atoms with Crippen LogP contribution < -0.4 is 0 Å². The van der Waals surface area contributed by atoms with Crippen LogP contribution in [0.15, 0.2) is 97.1 Å². The van der Waals surface area contributed by atoms with E-state index in [9.17, 15) is 39.4 Å². The Balaban J connectivity index is 0.000000398. The largest absolute Gasteiger partial charge is 0.511 e. The van der Waals surface area contributed by atoms with Gasteiger partial charge in [0.15, 0.2) is 19.0 Å². The van der Waals surface area contributed by atoms with Gasteiger partial charge in [0, 0.05) is 21.6 Å². The minimum absolute atomic E-state index is 0.0565. The molecule has 0 bridgehead atoms. The first-order valence-electron chi connectivity index (χ1n) is 21.7. The Morgan fingerprint density at radius 3 is 1.42 bits per heavy atom. The molecule has 0 aromatic heterocycles. The molecule has 364 valence electrons. The van der Waals surface area contributed by atoms with Crippen LogP contribution in [0, 0.1) is 11.8 Å². The Morgan fingerprint density at radius 1 is 0.597 bits per heavy atom. The molecule has 14 nitrogen and oxygen atoms in total. The van der Waals surface area contributed by atoms with Gasteiger partial charge in [-0.2, -0.15) is 0 Å². The molecule has 4 rings (SSSR count). The number of esters is 1. The van der Waals surface area contributed by atoms with Crippen molar-refractivity contribution in [2.75, 3.05) is 13.6 Å². The third-order valence-corrected chi connectivity index (χ3v) is 10.2. The number of aliphatic hydroxyl groups excluding tert-OH is 2. The number of aliphatic hydroxyl groups is 2. The highest BCUT2D eigenvalue weighted by Crippen LogP contribution is 2.27. The number of carboxylic acid groups (broad SMARTS) is 1. The third kappa shape index (κ3) is 25.9. The monoisotopic (exact) mass is 988 g/mol. The molecule has 19 heteroatoms. The van der Waals surface area contributed by atoms with Crippen LogP contribution in [0.25, 0.3) is 22.3 Å². The zero-order valence-electron chi connectivity index (χ0n) is 38.6. The van der Waals surface area contributed by atoms with E-state index in [0.29, 0.717) is 35.5 Å². The Morgan fingerprint density at radius 2 is 1.04 bits per heavy atom. The van der Waals surface area contributed by atoms with E-state index >= 15 is 0 Å². The molecule has 67 heavy (non-hydrogen) atoms. The summed E-state index contributed by atoms with van der Waals surface area (Å²) in [6.45, 7) is 8.46. The van der Waals surface area contributed by atoms with E-state index in [2.05, 4.69) is 9.47 Å². The van der Waals surface area contributed by atoms with Gasteiger partial charge in [0.25, 0.3) is 13.8 Å². The number of aliphatic carboxylic acids is 1. The van der Waals surface area contributed by atoms with E-state index in [1.54, 1.807) is 27.5 Å². The number of carboxylic acids is 1. The third-order valence-electron chi connectivity index (χ3n) is 9.58. The van der Waals surface area contributed by atoms with Crippen molar-refractivity contribution in [2.24, 2.45) is 11.8 Å². The smallest absolute Gasteiger partial charge is 0.479 e. The number of hydrogen-bond donors (Lipinski definition) is 5. The summed E-state index contributed by atoms with van der Waals surface area (Å²) in [4.78, 5) is 44.1. The van der Waals surface area contributed by atoms with Crippen LogP contribution in [0.4, 0.5) is 9.59 Å². The van der Waals surface area contributed by atoms with Gasteiger partial charge in [0.1, 0.15) is 0 Å². The van der Waals surface area contributed by atoms with Gasteiger partial charge in [-0.05, 0) is 136 Å². The molecule has 0 heterocycles. The normalized spacial score (nSPS) is 12.5. The minimum atomic E-state index is -1.41. The van der Waals surface area contributed by atoms with Gasteiger partial charge in [0.2, 0.25) is 6.79 Å². The van der Waals surface area contributed by atoms with E-state index in [-0.39, 0.29) is 43.7 Å². The molecule has 0 saturated heterocycles. The molecule has 0 fully saturated rings. The molecule has 4 aromatic carbocycles. The second-order valence-electron chi connectivity index (χ2n) is 16.4. The maximum Gasteiger partial charge on any atom is 0.511 e. The van der Waals surface area contributed by atoms with Crippen LogP contribution in [-0.4, -0.2) is 101 Å². The summed E-state index contributed by atoms with van der Waals surface area (Å²) in [5.41, 5.74) is 5.31. The predicted molar refractivity (Wildman–Crippen MR) is 261 cm³/mol. The van der Waals surface area contributed by atoms with Gasteiger partial charge >= 0.3 is 23.5 Å². The zero-order valence-corrected chi connectivity index (χ0v) is 40.8. The average molecular weight is 990 g/mol. The number of rotatable bonds is 22. The summed E-state index contributed by atoms with van der Waals surface area (Å²) in [5.74, 6) is -2.41. The van der Waals surface area contributed by atoms with Crippen LogP contribution in [0.2, 0.25) is 36.3 Å². The highest BCUT2D eigenvalue weighted by molar-refractivity contribution is 6.61. The van der Waals surface area contributed by atoms with Crippen molar-refractivity contribution in [1.29, 1.82) is 0 Å². The van der Waals surface area contributed by atoms with Gasteiger partial charge < -0.3 is 49.1 Å². The first-order valence-corrected chi connectivity index (χ1v) is 22.8. The molecule has 0 aliphatic heterocycles. The van der Waals surface area contributed by atoms with Crippen molar-refractivity contribution < 1.29 is 68.2 Å². The average Bonchev–Trinajstić information content (AvgIpc) is 3.23. The summed E-state index contributed by atoms with van der Waals surface area (Å²) < 4.78 is 23.3. The lowest BCUT2D eigenvalue weighted by atomic mass is 9.62. The van der Waals surface area contributed by atoms with Crippen molar-refractivity contribution in [1.82, 2.24) is 0 Å². The van der Waals surface area contributed by atoms with E-state index in [0.717, 1.165) is 33.4 Å². The standard InChI is InChI=1S/C24H30BClO7.C19H22BClO4.C5H9ClO3/c1-16(2)33-24(29)32-15-31-23(28)22(27)12-18(14-25(3)30)11-17-7-9-19(10-8-17)20-5-4-6-21(26)13-20;1-20(25)12-14(10-18(22)19(23)24)9-13-5-7-15(8-6-13)16-3-2-4-17(21)11-16;1-4(2)8-3-9-5(6)7/h4-10,13,16,18,22,27,30H,11-12,14-15H2,1-3H3;2-8,11,14,18,22,25H,9-10,12H2,1H3,(H,23,24);4H,3H2,1-2H3/t18-,22-;14-,18-;/m11./s1. The quantitative estimate of drug-likeness (QED) is 0.0163. The molecule has 0 aliphatic carbocycles. The summed E-state index contributed by atoms with van der Waals surface area (Å²) in [5, 5.41) is 49.6. The molecular formula is C48H61B2Cl3O14. The van der Waals surface area contributed by atoms with Gasteiger partial charge in [-0.1, -0.05) is 110 Å². The summed E-state index contributed by atoms with van der Waals surface area (Å²) in [6, 6.07) is 31.1. The van der Waals surface area contributed by atoms with Crippen molar-refractivity contribution in [2.45, 2.75) is 104 Å². The van der Waals surface area contributed by atoms with Gasteiger partial charge in [-0.15, -0.1) is 0 Å². The number of ether oxygens (including phenoxy) is 5. The molecule has 0 aliphatic rings. The van der Waals surface area contributed by atoms with E-state index < -0.39 is 56.4 Å². The first-order chi connectivity index (χ1) is 31.6. The SMILES string of the molecule is CB(O)C[C@H](Cc1ccc(-c2cccc(Cl)c2)cc1)C[C@@H](O)C(=O)O.CB(O)C[C@H](Cc1ccc(-c2cccc(Cl)c2)cc1)C[C@@H](O)C(=O)OCOC(=O)OC(C)C.CC(C)OCOC(=O)Cl. The number of benzene rings is 4. The molecule has 0 amide bonds. The molecule has 5 N–H and O–H groups in total. The lowest BCUT2D eigenvalue weighted by molar-refractivity contribution is -0.164. The lowest BCUT2D eigenvalue weighted by Crippen LogP contribution is -2.29. The number of carbonyl (C=O) groups is 4. The summed E-state index contributed by atoms with van der Waals surface area (Å²) in [7, 11) is 0. The number of hydrogen-bond acceptors (Lipinski definition) is 13. The molecule has 4 aromatic rings. The van der Waals surface area contributed by atoms with Crippen LogP contribution in [0.5, 0.6) is 0 Å². The Hall–Kier alpha value is -4.64. The van der Waals surface area contributed by atoms with Gasteiger partial charge in [-0.3, -0.25) is 0 Å². The van der Waals surface area contributed by atoms with Crippen molar-refractivity contribution in [3.8, 4) is 22.3 Å². The maximum absolute atomic E-state index is 12.1. The fraction of sp³-hybridized carbons (Fsp3) is 0.417. The van der Waals surface area contributed by atoms with E-state index in [1.165, 1.54) is 0 Å². The Labute approximate surface area is 408 Å². The Kier molecular flexibility index (Phi) is 27.4. The second kappa shape index (κ2) is 31.4. The zero-order chi connectivity index (χ0) is 50.1. The van der Waals surface area contributed by atoms with Gasteiger partial charge in [0.05, 0.1) is 12.2 Å². The van der Waals surface area contributed by atoms with Crippen molar-refractivity contribution >= 4 is 72.2 Å². The number of carbonyl (C=O) groups excluding carboxylic acids is 3. The molecule has 0 radical (unpaired) electrons. The van der Waals surface area contributed by atoms with Crippen molar-refractivity contribution in [3.05, 3.63) is 118 Å². The van der Waals surface area contributed by atoms with Crippen LogP contribution in [-0.2, 0) is 46.1 Å². The van der Waals surface area contributed by atoms with Crippen LogP contribution in [0.3, 0.4) is 0 Å². The highest BCUT2D eigenvalue weighted by Gasteiger charge is 2.26. The van der Waals surface area contributed by atoms with Gasteiger partial charge in [-0.25, -0.2) is 19.2 Å². The molecular weight excluding hydrogens is 928 g/mol. The topological polar surface area (TPSA) is 216 Å². The molecule has 0 spiro atoms. The lowest BCUT2D eigenvalue weighted by Gasteiger charge is -2.20. The number of halogens is 3. The molecule has 0 saturated carbocycles. The maximum atomic E-state index is 12.1. The minimum Gasteiger partial charge on any atom is -0.479 e. The van der Waals surface area contributed by atoms with Crippen molar-refractivity contribution in [3.63, 3.8) is 0 Å². The molecule has 0 unspecified atom stereocenters. The van der Waals surface area contributed by atoms with E-state index in [4.69, 9.17) is 54.1 Å². The Bertz CT molecular complexity index is 2090. The van der Waals surface area contributed by atoms with E-state index in [1.807, 2.05) is 111 Å². The fourth-order valence-electron chi connectivity index (χ4n) is 6.66. The highest BCUT2D eigenvalue weighted by atomic mass is 35.5.